The average molecular weight is 236 g/mol. The average Bonchev–Trinajstić information content (AvgIpc) is 3.00. The van der Waals surface area contributed by atoms with E-state index < -0.39 is 6.04 Å². The monoisotopic (exact) mass is 236 g/mol. The SMILES string of the molecule is N#C[C@H]1COCCN1C(=O)[C@H]1C[C@H]2CC[C@H]1O2. The van der Waals surface area contributed by atoms with Gasteiger partial charge in [-0.05, 0) is 19.3 Å². The summed E-state index contributed by atoms with van der Waals surface area (Å²) < 4.78 is 10.9. The van der Waals surface area contributed by atoms with Crippen molar-refractivity contribution in [2.24, 2.45) is 5.92 Å². The molecule has 0 saturated carbocycles. The van der Waals surface area contributed by atoms with Crippen molar-refractivity contribution in [2.75, 3.05) is 19.8 Å². The minimum Gasteiger partial charge on any atom is -0.376 e. The maximum atomic E-state index is 12.4. The molecule has 92 valence electrons. The van der Waals surface area contributed by atoms with Gasteiger partial charge in [-0.25, -0.2) is 0 Å². The number of carbonyl (C=O) groups is 1. The highest BCUT2D eigenvalue weighted by Gasteiger charge is 2.46. The van der Waals surface area contributed by atoms with E-state index in [1.165, 1.54) is 0 Å². The van der Waals surface area contributed by atoms with Crippen LogP contribution in [0.5, 0.6) is 0 Å². The predicted molar refractivity (Wildman–Crippen MR) is 57.9 cm³/mol. The summed E-state index contributed by atoms with van der Waals surface area (Å²) in [7, 11) is 0. The Morgan fingerprint density at radius 2 is 2.29 bits per heavy atom. The van der Waals surface area contributed by atoms with Crippen molar-refractivity contribution in [3.63, 3.8) is 0 Å². The normalized spacial score (nSPS) is 40.3. The molecule has 0 radical (unpaired) electrons. The Bertz CT molecular complexity index is 365. The van der Waals surface area contributed by atoms with E-state index in [-0.39, 0.29) is 24.0 Å². The zero-order chi connectivity index (χ0) is 11.8. The maximum Gasteiger partial charge on any atom is 0.229 e. The van der Waals surface area contributed by atoms with Crippen molar-refractivity contribution in [3.8, 4) is 6.07 Å². The van der Waals surface area contributed by atoms with Crippen molar-refractivity contribution in [1.29, 1.82) is 5.26 Å². The largest absolute Gasteiger partial charge is 0.376 e. The van der Waals surface area contributed by atoms with Gasteiger partial charge in [-0.15, -0.1) is 0 Å². The summed E-state index contributed by atoms with van der Waals surface area (Å²) >= 11 is 0. The fraction of sp³-hybridized carbons (Fsp3) is 0.833. The molecule has 3 heterocycles. The van der Waals surface area contributed by atoms with Crippen molar-refractivity contribution in [3.05, 3.63) is 0 Å². The molecule has 0 aromatic rings. The van der Waals surface area contributed by atoms with Crippen LogP contribution in [0.1, 0.15) is 19.3 Å². The zero-order valence-corrected chi connectivity index (χ0v) is 9.67. The number of fused-ring (bicyclic) bond motifs is 2. The molecule has 3 rings (SSSR count). The Morgan fingerprint density at radius 3 is 2.94 bits per heavy atom. The minimum absolute atomic E-state index is 0.0253. The highest BCUT2D eigenvalue weighted by molar-refractivity contribution is 5.80. The van der Waals surface area contributed by atoms with Crippen molar-refractivity contribution in [1.82, 2.24) is 4.90 Å². The van der Waals surface area contributed by atoms with Crippen LogP contribution < -0.4 is 0 Å². The number of hydrogen-bond donors (Lipinski definition) is 0. The quantitative estimate of drug-likeness (QED) is 0.657. The first-order valence-electron chi connectivity index (χ1n) is 6.23. The standard InChI is InChI=1S/C12H16N2O3/c13-6-8-7-16-4-3-14(8)12(15)10-5-9-1-2-11(10)17-9/h8-11H,1-5,7H2/t8-,9+,10-,11+/m0/s1. The Labute approximate surface area is 100 Å². The summed E-state index contributed by atoms with van der Waals surface area (Å²) in [5.41, 5.74) is 0. The third-order valence-corrected chi connectivity index (χ3v) is 3.98. The lowest BCUT2D eigenvalue weighted by molar-refractivity contribution is -0.143. The van der Waals surface area contributed by atoms with Crippen LogP contribution >= 0.6 is 0 Å². The van der Waals surface area contributed by atoms with Gasteiger partial charge < -0.3 is 14.4 Å². The van der Waals surface area contributed by atoms with Crippen molar-refractivity contribution in [2.45, 2.75) is 37.5 Å². The van der Waals surface area contributed by atoms with Gasteiger partial charge in [0.25, 0.3) is 0 Å². The van der Waals surface area contributed by atoms with Gasteiger partial charge in [0.1, 0.15) is 6.04 Å². The van der Waals surface area contributed by atoms with Gasteiger partial charge in [0, 0.05) is 6.54 Å². The van der Waals surface area contributed by atoms with E-state index >= 15 is 0 Å². The summed E-state index contributed by atoms with van der Waals surface area (Å²) in [5, 5.41) is 9.03. The first-order valence-corrected chi connectivity index (χ1v) is 6.23. The Kier molecular flexibility index (Phi) is 2.77. The van der Waals surface area contributed by atoms with Gasteiger partial charge in [0.2, 0.25) is 5.91 Å². The smallest absolute Gasteiger partial charge is 0.229 e. The van der Waals surface area contributed by atoms with Gasteiger partial charge in [-0.2, -0.15) is 5.26 Å². The van der Waals surface area contributed by atoms with E-state index in [9.17, 15) is 4.79 Å². The van der Waals surface area contributed by atoms with Crippen LogP contribution in [-0.4, -0.2) is 48.8 Å². The molecule has 0 aliphatic carbocycles. The van der Waals surface area contributed by atoms with Crippen molar-refractivity contribution >= 4 is 5.91 Å². The fourth-order valence-electron chi connectivity index (χ4n) is 3.09. The van der Waals surface area contributed by atoms with Gasteiger partial charge in [-0.1, -0.05) is 0 Å². The van der Waals surface area contributed by atoms with Crippen LogP contribution in [0.15, 0.2) is 0 Å². The van der Waals surface area contributed by atoms with E-state index in [2.05, 4.69) is 6.07 Å². The van der Waals surface area contributed by atoms with Gasteiger partial charge in [-0.3, -0.25) is 4.79 Å². The lowest BCUT2D eigenvalue weighted by Gasteiger charge is -2.34. The molecule has 0 unspecified atom stereocenters. The molecule has 1 amide bonds. The molecule has 17 heavy (non-hydrogen) atoms. The number of rotatable bonds is 1. The molecule has 3 aliphatic rings. The second kappa shape index (κ2) is 4.28. The van der Waals surface area contributed by atoms with Crippen LogP contribution in [0.4, 0.5) is 0 Å². The Morgan fingerprint density at radius 1 is 1.41 bits per heavy atom. The third kappa shape index (κ3) is 1.81. The third-order valence-electron chi connectivity index (χ3n) is 3.98. The first kappa shape index (κ1) is 11.0. The number of morpholine rings is 1. The number of carbonyl (C=O) groups excluding carboxylic acids is 1. The van der Waals surface area contributed by atoms with Crippen LogP contribution in [0.2, 0.25) is 0 Å². The molecular formula is C12H16N2O3. The van der Waals surface area contributed by atoms with E-state index in [1.807, 2.05) is 0 Å². The molecule has 0 spiro atoms. The lowest BCUT2D eigenvalue weighted by atomic mass is 9.88. The first-order chi connectivity index (χ1) is 8.29. The van der Waals surface area contributed by atoms with E-state index in [0.29, 0.717) is 19.8 Å². The second-order valence-corrected chi connectivity index (χ2v) is 4.97. The number of hydrogen-bond acceptors (Lipinski definition) is 4. The topological polar surface area (TPSA) is 62.6 Å². The number of amides is 1. The van der Waals surface area contributed by atoms with Gasteiger partial charge in [0.05, 0.1) is 37.4 Å². The molecule has 0 N–H and O–H groups in total. The predicted octanol–water partition coefficient (Wildman–Crippen LogP) is 0.305. The van der Waals surface area contributed by atoms with Crippen molar-refractivity contribution < 1.29 is 14.3 Å². The summed E-state index contributed by atoms with van der Waals surface area (Å²) in [6.45, 7) is 1.40. The number of nitriles is 1. The minimum atomic E-state index is -0.421. The van der Waals surface area contributed by atoms with Gasteiger partial charge >= 0.3 is 0 Å². The summed E-state index contributed by atoms with van der Waals surface area (Å²) in [6.07, 6.45) is 3.27. The molecule has 0 aromatic carbocycles. The molecule has 4 atom stereocenters. The fourth-order valence-corrected chi connectivity index (χ4v) is 3.09. The molecule has 0 aromatic heterocycles. The summed E-state index contributed by atoms with van der Waals surface area (Å²) in [5.74, 6) is 0.0646. The second-order valence-electron chi connectivity index (χ2n) is 4.97. The van der Waals surface area contributed by atoms with E-state index in [0.717, 1.165) is 19.3 Å². The Balaban J connectivity index is 1.71. The molecule has 3 aliphatic heterocycles. The molecular weight excluding hydrogens is 220 g/mol. The summed E-state index contributed by atoms with van der Waals surface area (Å²) in [4.78, 5) is 14.1. The van der Waals surface area contributed by atoms with E-state index in [1.54, 1.807) is 4.90 Å². The molecule has 5 heteroatoms. The maximum absolute atomic E-state index is 12.4. The number of ether oxygens (including phenoxy) is 2. The lowest BCUT2D eigenvalue weighted by Crippen LogP contribution is -2.51. The summed E-state index contributed by atoms with van der Waals surface area (Å²) in [6, 6.07) is 1.72. The van der Waals surface area contributed by atoms with Crippen LogP contribution in [0, 0.1) is 17.2 Å². The number of nitrogens with zero attached hydrogens (tertiary/aromatic N) is 2. The molecule has 2 bridgehead atoms. The molecule has 5 nitrogen and oxygen atoms in total. The van der Waals surface area contributed by atoms with Gasteiger partial charge in [0.15, 0.2) is 0 Å². The Hall–Kier alpha value is -1.12. The zero-order valence-electron chi connectivity index (χ0n) is 9.67. The van der Waals surface area contributed by atoms with Crippen LogP contribution in [-0.2, 0) is 14.3 Å². The van der Waals surface area contributed by atoms with E-state index in [4.69, 9.17) is 14.7 Å². The highest BCUT2D eigenvalue weighted by atomic mass is 16.5. The molecule has 3 saturated heterocycles. The molecule has 3 fully saturated rings. The van der Waals surface area contributed by atoms with Crippen LogP contribution in [0.3, 0.4) is 0 Å². The van der Waals surface area contributed by atoms with Crippen LogP contribution in [0.25, 0.3) is 0 Å². The highest BCUT2D eigenvalue weighted by Crippen LogP contribution is 2.39.